The van der Waals surface area contributed by atoms with Gasteiger partial charge in [0, 0.05) is 45.3 Å². The summed E-state index contributed by atoms with van der Waals surface area (Å²) < 4.78 is 5.24. The van der Waals surface area contributed by atoms with Gasteiger partial charge in [0.05, 0.1) is 13.7 Å². The lowest BCUT2D eigenvalue weighted by atomic mass is 10.2. The van der Waals surface area contributed by atoms with E-state index in [-0.39, 0.29) is 5.91 Å². The van der Waals surface area contributed by atoms with Crippen LogP contribution in [0.2, 0.25) is 0 Å². The largest absolute Gasteiger partial charge is 0.497 e. The summed E-state index contributed by atoms with van der Waals surface area (Å²) in [6.45, 7) is 6.10. The molecular formula is C26H33N3O2. The lowest BCUT2D eigenvalue weighted by Crippen LogP contribution is -2.50. The van der Waals surface area contributed by atoms with Crippen molar-refractivity contribution in [3.8, 4) is 5.75 Å². The molecule has 1 saturated heterocycles. The number of hydrogen-bond acceptors (Lipinski definition) is 4. The van der Waals surface area contributed by atoms with Gasteiger partial charge in [-0.2, -0.15) is 0 Å². The van der Waals surface area contributed by atoms with E-state index in [4.69, 9.17) is 4.74 Å². The number of nitrogens with zero attached hydrogens (tertiary/aromatic N) is 3. The van der Waals surface area contributed by atoms with Crippen molar-refractivity contribution in [3.63, 3.8) is 0 Å². The number of amides is 1. The molecule has 1 aliphatic heterocycles. The van der Waals surface area contributed by atoms with E-state index >= 15 is 0 Å². The van der Waals surface area contributed by atoms with Crippen molar-refractivity contribution < 1.29 is 9.53 Å². The Morgan fingerprint density at radius 1 is 1.00 bits per heavy atom. The summed E-state index contributed by atoms with van der Waals surface area (Å²) >= 11 is 0. The first-order valence-electron chi connectivity index (χ1n) is 11.3. The molecule has 0 atom stereocenters. The van der Waals surface area contributed by atoms with E-state index in [1.165, 1.54) is 5.56 Å². The third-order valence-electron chi connectivity index (χ3n) is 6.12. The summed E-state index contributed by atoms with van der Waals surface area (Å²) in [5, 5.41) is 0. The zero-order chi connectivity index (χ0) is 21.5. The van der Waals surface area contributed by atoms with E-state index < -0.39 is 0 Å². The molecule has 5 heteroatoms. The number of benzene rings is 2. The molecule has 1 saturated carbocycles. The van der Waals surface area contributed by atoms with Gasteiger partial charge in [0.1, 0.15) is 5.75 Å². The Labute approximate surface area is 185 Å². The summed E-state index contributed by atoms with van der Waals surface area (Å²) in [4.78, 5) is 19.9. The second-order valence-corrected chi connectivity index (χ2v) is 8.49. The minimum Gasteiger partial charge on any atom is -0.497 e. The molecule has 1 heterocycles. The third-order valence-corrected chi connectivity index (χ3v) is 6.12. The normalized spacial score (nSPS) is 17.7. The van der Waals surface area contributed by atoms with E-state index in [0.717, 1.165) is 56.9 Å². The average Bonchev–Trinajstić information content (AvgIpc) is 3.65. The van der Waals surface area contributed by atoms with Gasteiger partial charge >= 0.3 is 0 Å². The Balaban J connectivity index is 1.23. The zero-order valence-electron chi connectivity index (χ0n) is 18.5. The fraction of sp³-hybridized carbons (Fsp3) is 0.423. The Morgan fingerprint density at radius 3 is 2.32 bits per heavy atom. The van der Waals surface area contributed by atoms with Crippen LogP contribution in [0.5, 0.6) is 5.75 Å². The molecule has 0 N–H and O–H groups in total. The van der Waals surface area contributed by atoms with Crippen LogP contribution in [0.15, 0.2) is 60.7 Å². The van der Waals surface area contributed by atoms with Gasteiger partial charge in [0.25, 0.3) is 0 Å². The van der Waals surface area contributed by atoms with Crippen molar-refractivity contribution >= 4 is 12.0 Å². The molecule has 2 aliphatic rings. The quantitative estimate of drug-likeness (QED) is 0.623. The van der Waals surface area contributed by atoms with E-state index in [2.05, 4.69) is 63.2 Å². The Bertz CT molecular complexity index is 854. The van der Waals surface area contributed by atoms with Crippen molar-refractivity contribution in [2.45, 2.75) is 25.4 Å². The van der Waals surface area contributed by atoms with Gasteiger partial charge < -0.3 is 9.64 Å². The molecule has 5 nitrogen and oxygen atoms in total. The molecule has 1 aliphatic carbocycles. The topological polar surface area (TPSA) is 36.0 Å². The standard InChI is InChI=1S/C26H33N3O2/c1-31-25-13-9-23(10-14-25)20-29(24-11-12-24)26(30)21-28-18-16-27(17-19-28)15-5-8-22-6-3-2-4-7-22/h2-10,13-14,24H,11-12,15-21H2,1H3/b8-5+. The average molecular weight is 420 g/mol. The first-order valence-corrected chi connectivity index (χ1v) is 11.3. The van der Waals surface area contributed by atoms with Crippen molar-refractivity contribution in [2.24, 2.45) is 0 Å². The molecule has 2 aromatic rings. The number of methoxy groups -OCH3 is 1. The smallest absolute Gasteiger partial charge is 0.237 e. The Hall–Kier alpha value is -2.63. The number of carbonyl (C=O) groups is 1. The van der Waals surface area contributed by atoms with Gasteiger partial charge in [-0.15, -0.1) is 0 Å². The highest BCUT2D eigenvalue weighted by Gasteiger charge is 2.33. The molecule has 1 amide bonds. The number of carbonyl (C=O) groups excluding carboxylic acids is 1. The number of hydrogen-bond donors (Lipinski definition) is 0. The number of rotatable bonds is 9. The van der Waals surface area contributed by atoms with Crippen LogP contribution in [0.1, 0.15) is 24.0 Å². The van der Waals surface area contributed by atoms with Crippen LogP contribution < -0.4 is 4.74 Å². The predicted molar refractivity (Wildman–Crippen MR) is 125 cm³/mol. The van der Waals surface area contributed by atoms with Crippen LogP contribution in [0.25, 0.3) is 6.08 Å². The summed E-state index contributed by atoms with van der Waals surface area (Å²) in [6, 6.07) is 18.9. The summed E-state index contributed by atoms with van der Waals surface area (Å²) in [5.74, 6) is 1.11. The van der Waals surface area contributed by atoms with E-state index in [9.17, 15) is 4.79 Å². The van der Waals surface area contributed by atoms with Gasteiger partial charge in [-0.25, -0.2) is 0 Å². The molecule has 0 spiro atoms. The molecule has 0 radical (unpaired) electrons. The first kappa shape index (κ1) is 21.6. The Morgan fingerprint density at radius 2 is 1.68 bits per heavy atom. The van der Waals surface area contributed by atoms with Crippen molar-refractivity contribution in [2.75, 3.05) is 46.4 Å². The molecular weight excluding hydrogens is 386 g/mol. The van der Waals surface area contributed by atoms with Crippen LogP contribution in [0.4, 0.5) is 0 Å². The number of piperazine rings is 1. The fourth-order valence-corrected chi connectivity index (χ4v) is 4.05. The van der Waals surface area contributed by atoms with Crippen LogP contribution in [0, 0.1) is 0 Å². The van der Waals surface area contributed by atoms with E-state index in [1.807, 2.05) is 18.2 Å². The SMILES string of the molecule is COc1ccc(CN(C(=O)CN2CCN(C/C=C/c3ccccc3)CC2)C2CC2)cc1. The van der Waals surface area contributed by atoms with Crippen molar-refractivity contribution in [1.29, 1.82) is 0 Å². The van der Waals surface area contributed by atoms with E-state index in [0.29, 0.717) is 19.1 Å². The second-order valence-electron chi connectivity index (χ2n) is 8.49. The lowest BCUT2D eigenvalue weighted by Gasteiger charge is -2.35. The maximum Gasteiger partial charge on any atom is 0.237 e. The van der Waals surface area contributed by atoms with Gasteiger partial charge in [-0.05, 0) is 36.1 Å². The van der Waals surface area contributed by atoms with Crippen LogP contribution in [0.3, 0.4) is 0 Å². The third kappa shape index (κ3) is 6.42. The highest BCUT2D eigenvalue weighted by molar-refractivity contribution is 5.79. The lowest BCUT2D eigenvalue weighted by molar-refractivity contribution is -0.134. The molecule has 2 aromatic carbocycles. The molecule has 31 heavy (non-hydrogen) atoms. The molecule has 0 bridgehead atoms. The van der Waals surface area contributed by atoms with Gasteiger partial charge in [-0.3, -0.25) is 14.6 Å². The zero-order valence-corrected chi connectivity index (χ0v) is 18.5. The monoisotopic (exact) mass is 419 g/mol. The fourth-order valence-electron chi connectivity index (χ4n) is 4.05. The molecule has 0 aromatic heterocycles. The second kappa shape index (κ2) is 10.6. The van der Waals surface area contributed by atoms with Gasteiger partial charge in [0.2, 0.25) is 5.91 Å². The van der Waals surface area contributed by atoms with Crippen LogP contribution in [-0.4, -0.2) is 73.0 Å². The Kier molecular flexibility index (Phi) is 7.39. The van der Waals surface area contributed by atoms with Gasteiger partial charge in [0.15, 0.2) is 0 Å². The van der Waals surface area contributed by atoms with Crippen LogP contribution in [-0.2, 0) is 11.3 Å². The molecule has 0 unspecified atom stereocenters. The molecule has 2 fully saturated rings. The van der Waals surface area contributed by atoms with Crippen LogP contribution >= 0.6 is 0 Å². The first-order chi connectivity index (χ1) is 15.2. The molecule has 164 valence electrons. The highest BCUT2D eigenvalue weighted by atomic mass is 16.5. The highest BCUT2D eigenvalue weighted by Crippen LogP contribution is 2.29. The summed E-state index contributed by atoms with van der Waals surface area (Å²) in [6.07, 6.45) is 6.68. The van der Waals surface area contributed by atoms with Crippen molar-refractivity contribution in [1.82, 2.24) is 14.7 Å². The summed E-state index contributed by atoms with van der Waals surface area (Å²) in [5.41, 5.74) is 2.40. The van der Waals surface area contributed by atoms with Gasteiger partial charge in [-0.1, -0.05) is 54.6 Å². The number of ether oxygens (including phenoxy) is 1. The minimum atomic E-state index is 0.260. The maximum atomic E-state index is 13.1. The predicted octanol–water partition coefficient (Wildman–Crippen LogP) is 3.52. The molecule has 4 rings (SSSR count). The van der Waals surface area contributed by atoms with E-state index in [1.54, 1.807) is 7.11 Å². The van der Waals surface area contributed by atoms with Crippen molar-refractivity contribution in [3.05, 3.63) is 71.8 Å². The summed E-state index contributed by atoms with van der Waals surface area (Å²) in [7, 11) is 1.67. The maximum absolute atomic E-state index is 13.1. The minimum absolute atomic E-state index is 0.260.